The van der Waals surface area contributed by atoms with Crippen molar-refractivity contribution in [3.05, 3.63) is 81.2 Å². The van der Waals surface area contributed by atoms with Gasteiger partial charge in [0.2, 0.25) is 0 Å². The fourth-order valence-electron chi connectivity index (χ4n) is 6.52. The maximum Gasteiger partial charge on any atom is 0.162 e. The first-order valence-electron chi connectivity index (χ1n) is 13.8. The summed E-state index contributed by atoms with van der Waals surface area (Å²) in [4.78, 5) is 29.9. The average Bonchev–Trinajstić information content (AvgIpc) is 2.85. The number of rotatable bonds is 6. The highest BCUT2D eigenvalue weighted by Gasteiger charge is 2.48. The van der Waals surface area contributed by atoms with Gasteiger partial charge in [0.1, 0.15) is 6.61 Å². The van der Waals surface area contributed by atoms with Crippen LogP contribution in [0.5, 0.6) is 11.5 Å². The monoisotopic (exact) mass is 547 g/mol. The Labute approximate surface area is 236 Å². The first-order chi connectivity index (χ1) is 18.4. The van der Waals surface area contributed by atoms with Crippen LogP contribution in [0.4, 0.5) is 0 Å². The molecule has 5 nitrogen and oxygen atoms in total. The number of nitrogens with zero attached hydrogens (tertiary/aromatic N) is 1. The number of halogens is 1. The number of carbonyl (C=O) groups excluding carboxylic acids is 2. The van der Waals surface area contributed by atoms with Gasteiger partial charge in [0.25, 0.3) is 0 Å². The number of Topliss-reactive ketones (excluding diaryl/α,β-unsaturated/α-hetero) is 2. The van der Waals surface area contributed by atoms with Crippen molar-refractivity contribution in [2.24, 2.45) is 10.8 Å². The molecule has 0 amide bonds. The third kappa shape index (κ3) is 5.14. The van der Waals surface area contributed by atoms with Gasteiger partial charge in [-0.25, -0.2) is 0 Å². The van der Waals surface area contributed by atoms with E-state index >= 15 is 0 Å². The molecule has 5 rings (SSSR count). The van der Waals surface area contributed by atoms with Crippen LogP contribution in [0, 0.1) is 10.8 Å². The quantitative estimate of drug-likeness (QED) is 0.372. The van der Waals surface area contributed by atoms with Crippen LogP contribution >= 0.6 is 11.6 Å². The molecule has 0 radical (unpaired) electrons. The van der Waals surface area contributed by atoms with Gasteiger partial charge in [-0.15, -0.1) is 0 Å². The van der Waals surface area contributed by atoms with Crippen LogP contribution in [0.25, 0.3) is 0 Å². The number of methoxy groups -OCH3 is 1. The molecule has 1 aliphatic heterocycles. The number of hydrogen-bond acceptors (Lipinski definition) is 5. The molecule has 39 heavy (non-hydrogen) atoms. The van der Waals surface area contributed by atoms with Crippen molar-refractivity contribution < 1.29 is 19.1 Å². The first kappa shape index (κ1) is 27.5. The van der Waals surface area contributed by atoms with Crippen molar-refractivity contribution in [1.82, 2.24) is 4.90 Å². The van der Waals surface area contributed by atoms with Gasteiger partial charge in [-0.2, -0.15) is 0 Å². The second kappa shape index (κ2) is 10.2. The molecule has 0 atom stereocenters. The third-order valence-electron chi connectivity index (χ3n) is 8.20. The van der Waals surface area contributed by atoms with E-state index in [1.807, 2.05) is 42.5 Å². The van der Waals surface area contributed by atoms with Gasteiger partial charge >= 0.3 is 0 Å². The predicted molar refractivity (Wildman–Crippen MR) is 154 cm³/mol. The molecule has 0 spiro atoms. The highest BCUT2D eigenvalue weighted by molar-refractivity contribution is 6.31. The Balaban J connectivity index is 1.61. The van der Waals surface area contributed by atoms with Crippen molar-refractivity contribution in [1.29, 1.82) is 0 Å². The van der Waals surface area contributed by atoms with Gasteiger partial charge in [0.15, 0.2) is 23.1 Å². The van der Waals surface area contributed by atoms with Crippen LogP contribution in [-0.4, -0.2) is 30.1 Å². The normalized spacial score (nSPS) is 20.6. The molecule has 2 aromatic rings. The van der Waals surface area contributed by atoms with E-state index in [1.54, 1.807) is 7.11 Å². The maximum atomic E-state index is 13.8. The molecule has 6 heteroatoms. The Hall–Kier alpha value is -3.05. The molecular weight excluding hydrogens is 510 g/mol. The zero-order valence-corrected chi connectivity index (χ0v) is 24.6. The lowest BCUT2D eigenvalue weighted by Gasteiger charge is -2.48. The Morgan fingerprint density at radius 2 is 1.46 bits per heavy atom. The van der Waals surface area contributed by atoms with Crippen LogP contribution < -0.4 is 9.47 Å². The van der Waals surface area contributed by atoms with E-state index in [4.69, 9.17) is 21.1 Å². The van der Waals surface area contributed by atoms with E-state index in [9.17, 15) is 9.59 Å². The highest BCUT2D eigenvalue weighted by atomic mass is 35.5. The van der Waals surface area contributed by atoms with Gasteiger partial charge in [0.05, 0.1) is 7.11 Å². The Morgan fingerprint density at radius 1 is 0.872 bits per heavy atom. The molecule has 206 valence electrons. The molecule has 1 heterocycles. The number of carbonyl (C=O) groups is 2. The van der Waals surface area contributed by atoms with Crippen molar-refractivity contribution in [2.45, 2.75) is 72.8 Å². The van der Waals surface area contributed by atoms with E-state index < -0.39 is 5.92 Å². The molecule has 0 saturated carbocycles. The van der Waals surface area contributed by atoms with Crippen LogP contribution in [0.15, 0.2) is 65.0 Å². The molecule has 2 aliphatic carbocycles. The zero-order valence-electron chi connectivity index (χ0n) is 23.8. The summed E-state index contributed by atoms with van der Waals surface area (Å²) in [7, 11) is 1.61. The minimum Gasteiger partial charge on any atom is -0.493 e. The number of ketones is 2. The minimum absolute atomic E-state index is 0.131. The molecule has 0 unspecified atom stereocenters. The smallest absolute Gasteiger partial charge is 0.162 e. The van der Waals surface area contributed by atoms with Crippen molar-refractivity contribution >= 4 is 23.2 Å². The van der Waals surface area contributed by atoms with E-state index in [2.05, 4.69) is 39.5 Å². The minimum atomic E-state index is -0.406. The number of allylic oxidation sites excluding steroid dienone is 4. The highest BCUT2D eigenvalue weighted by Crippen LogP contribution is 2.54. The van der Waals surface area contributed by atoms with Gasteiger partial charge in [-0.1, -0.05) is 63.6 Å². The lowest BCUT2D eigenvalue weighted by Crippen LogP contribution is -2.44. The SMILES string of the molecule is CCN1C2=C(C(=O)CC(C)(C)C2)C(c2ccc(OCc3ccccc3Cl)c(OC)c2)C2=C1CC(C)(C)CC2=O. The van der Waals surface area contributed by atoms with E-state index in [1.165, 1.54) is 0 Å². The molecule has 2 aromatic carbocycles. The first-order valence-corrected chi connectivity index (χ1v) is 14.2. The fourth-order valence-corrected chi connectivity index (χ4v) is 6.71. The van der Waals surface area contributed by atoms with Crippen molar-refractivity contribution in [3.8, 4) is 11.5 Å². The molecule has 0 saturated heterocycles. The predicted octanol–water partition coefficient (Wildman–Crippen LogP) is 7.63. The summed E-state index contributed by atoms with van der Waals surface area (Å²) < 4.78 is 11.9. The Bertz CT molecular complexity index is 1350. The topological polar surface area (TPSA) is 55.8 Å². The fraction of sp³-hybridized carbons (Fsp3) is 0.455. The summed E-state index contributed by atoms with van der Waals surface area (Å²) in [6.07, 6.45) is 2.55. The van der Waals surface area contributed by atoms with E-state index in [0.717, 1.165) is 53.1 Å². The summed E-state index contributed by atoms with van der Waals surface area (Å²) in [5.41, 5.74) is 5.20. The Kier molecular flexibility index (Phi) is 7.17. The van der Waals surface area contributed by atoms with E-state index in [0.29, 0.717) is 36.0 Å². The molecule has 0 bridgehead atoms. The van der Waals surface area contributed by atoms with Crippen LogP contribution in [0.3, 0.4) is 0 Å². The molecule has 3 aliphatic rings. The van der Waals surface area contributed by atoms with Crippen LogP contribution in [0.1, 0.15) is 77.3 Å². The van der Waals surface area contributed by atoms with Gasteiger partial charge in [-0.3, -0.25) is 9.59 Å². The van der Waals surface area contributed by atoms with Crippen LogP contribution in [0.2, 0.25) is 5.02 Å². The van der Waals surface area contributed by atoms with E-state index in [-0.39, 0.29) is 22.4 Å². The molecule has 0 aromatic heterocycles. The number of ether oxygens (including phenoxy) is 2. The number of hydrogen-bond donors (Lipinski definition) is 0. The summed E-state index contributed by atoms with van der Waals surface area (Å²) in [6.45, 7) is 11.8. The van der Waals surface area contributed by atoms with Gasteiger partial charge in [0, 0.05) is 58.4 Å². The largest absolute Gasteiger partial charge is 0.493 e. The summed E-state index contributed by atoms with van der Waals surface area (Å²) in [5, 5.41) is 0.646. The van der Waals surface area contributed by atoms with Crippen LogP contribution in [-0.2, 0) is 16.2 Å². The standard InChI is InChI=1S/C33H38ClNO4/c1-7-35-23-15-32(2,3)17-25(36)30(23)29(31-24(35)16-33(4,5)18-26(31)37)20-12-13-27(28(14-20)38-6)39-19-21-10-8-9-11-22(21)34/h8-14,29H,7,15-19H2,1-6H3. The molecule has 0 fully saturated rings. The molecular formula is C33H38ClNO4. The lowest BCUT2D eigenvalue weighted by atomic mass is 9.63. The third-order valence-corrected chi connectivity index (χ3v) is 8.57. The second-order valence-corrected chi connectivity index (χ2v) is 13.0. The summed E-state index contributed by atoms with van der Waals surface area (Å²) >= 11 is 6.32. The Morgan fingerprint density at radius 3 is 2.00 bits per heavy atom. The lowest BCUT2D eigenvalue weighted by molar-refractivity contribution is -0.119. The molecule has 0 N–H and O–H groups in total. The van der Waals surface area contributed by atoms with Crippen molar-refractivity contribution in [2.75, 3.05) is 13.7 Å². The zero-order chi connectivity index (χ0) is 28.1. The summed E-state index contributed by atoms with van der Waals surface area (Å²) in [6, 6.07) is 13.4. The summed E-state index contributed by atoms with van der Waals surface area (Å²) in [5.74, 6) is 1.01. The van der Waals surface area contributed by atoms with Gasteiger partial charge < -0.3 is 14.4 Å². The number of benzene rings is 2. The average molecular weight is 548 g/mol. The maximum absolute atomic E-state index is 13.8. The second-order valence-electron chi connectivity index (χ2n) is 12.6. The van der Waals surface area contributed by atoms with Gasteiger partial charge in [-0.05, 0) is 54.4 Å². The van der Waals surface area contributed by atoms with Crippen molar-refractivity contribution in [3.63, 3.8) is 0 Å².